The normalized spacial score (nSPS) is 28.2. The van der Waals surface area contributed by atoms with Crippen molar-refractivity contribution < 1.29 is 9.59 Å². The quantitative estimate of drug-likeness (QED) is 0.726. The van der Waals surface area contributed by atoms with Gasteiger partial charge in [0.05, 0.1) is 6.54 Å². The van der Waals surface area contributed by atoms with Crippen molar-refractivity contribution in [2.75, 3.05) is 39.3 Å². The summed E-state index contributed by atoms with van der Waals surface area (Å²) in [6.07, 6.45) is 1.93. The van der Waals surface area contributed by atoms with Gasteiger partial charge in [-0.05, 0) is 19.8 Å². The molecule has 0 aromatic heterocycles. The molecule has 0 saturated carbocycles. The van der Waals surface area contributed by atoms with E-state index in [-0.39, 0.29) is 17.9 Å². The second-order valence-electron chi connectivity index (χ2n) is 5.90. The zero-order chi connectivity index (χ0) is 14.5. The molecule has 0 aliphatic carbocycles. The molecule has 2 amide bonds. The highest BCUT2D eigenvalue weighted by Crippen LogP contribution is 2.12. The van der Waals surface area contributed by atoms with Gasteiger partial charge in [0.2, 0.25) is 11.8 Å². The number of amides is 2. The maximum Gasteiger partial charge on any atom is 0.236 e. The third-order valence-electron chi connectivity index (χ3n) is 4.16. The van der Waals surface area contributed by atoms with Crippen LogP contribution in [0.5, 0.6) is 0 Å². The fraction of sp³-hybridized carbons (Fsp3) is 0.857. The number of nitrogens with zero attached hydrogens (tertiary/aromatic N) is 2. The molecular formula is C14H26N4O2. The highest BCUT2D eigenvalue weighted by Gasteiger charge is 2.27. The molecule has 0 spiro atoms. The van der Waals surface area contributed by atoms with Crippen LogP contribution in [0.25, 0.3) is 0 Å². The van der Waals surface area contributed by atoms with Gasteiger partial charge in [0, 0.05) is 51.7 Å². The Bertz CT molecular complexity index is 361. The second kappa shape index (κ2) is 7.04. The minimum atomic E-state index is -0.0139. The molecule has 0 bridgehead atoms. The van der Waals surface area contributed by atoms with Gasteiger partial charge in [0.25, 0.3) is 0 Å². The summed E-state index contributed by atoms with van der Waals surface area (Å²) in [7, 11) is 0. The summed E-state index contributed by atoms with van der Waals surface area (Å²) in [4.78, 5) is 27.7. The summed E-state index contributed by atoms with van der Waals surface area (Å²) >= 11 is 0. The zero-order valence-corrected chi connectivity index (χ0v) is 12.5. The van der Waals surface area contributed by atoms with Crippen LogP contribution < -0.4 is 10.6 Å². The summed E-state index contributed by atoms with van der Waals surface area (Å²) in [6, 6.07) is 0.522. The van der Waals surface area contributed by atoms with Gasteiger partial charge in [-0.15, -0.1) is 0 Å². The largest absolute Gasteiger partial charge is 0.352 e. The number of carbonyl (C=O) groups is 2. The first-order valence-electron chi connectivity index (χ1n) is 7.56. The molecule has 6 nitrogen and oxygen atoms in total. The average Bonchev–Trinajstić information content (AvgIpc) is 2.41. The molecule has 0 aromatic carbocycles. The SMILES string of the molecule is CC(=O)NC1CCCN(C(=O)CN2CCNC[C@@H]2C)C1. The molecule has 2 saturated heterocycles. The summed E-state index contributed by atoms with van der Waals surface area (Å²) in [6.45, 7) is 8.46. The van der Waals surface area contributed by atoms with Crippen molar-refractivity contribution >= 4 is 11.8 Å². The number of rotatable bonds is 3. The molecule has 0 aromatic rings. The summed E-state index contributed by atoms with van der Waals surface area (Å²) < 4.78 is 0. The van der Waals surface area contributed by atoms with E-state index in [9.17, 15) is 9.59 Å². The lowest BCUT2D eigenvalue weighted by Crippen LogP contribution is -2.55. The Morgan fingerprint density at radius 3 is 2.85 bits per heavy atom. The van der Waals surface area contributed by atoms with Crippen molar-refractivity contribution in [3.05, 3.63) is 0 Å². The number of nitrogens with one attached hydrogen (secondary N) is 2. The predicted octanol–water partition coefficient (Wildman–Crippen LogP) is -0.593. The van der Waals surface area contributed by atoms with Crippen LogP contribution >= 0.6 is 0 Å². The molecule has 1 unspecified atom stereocenters. The zero-order valence-electron chi connectivity index (χ0n) is 12.5. The van der Waals surface area contributed by atoms with E-state index < -0.39 is 0 Å². The molecular weight excluding hydrogens is 256 g/mol. The molecule has 2 fully saturated rings. The average molecular weight is 282 g/mol. The van der Waals surface area contributed by atoms with Crippen LogP contribution in [0, 0.1) is 0 Å². The van der Waals surface area contributed by atoms with Crippen molar-refractivity contribution in [2.45, 2.75) is 38.8 Å². The van der Waals surface area contributed by atoms with Gasteiger partial charge >= 0.3 is 0 Å². The Hall–Kier alpha value is -1.14. The van der Waals surface area contributed by atoms with E-state index in [1.807, 2.05) is 4.90 Å². The lowest BCUT2D eigenvalue weighted by atomic mass is 10.1. The van der Waals surface area contributed by atoms with Crippen molar-refractivity contribution in [1.29, 1.82) is 0 Å². The lowest BCUT2D eigenvalue weighted by Gasteiger charge is -2.37. The number of likely N-dealkylation sites (tertiary alicyclic amines) is 1. The van der Waals surface area contributed by atoms with E-state index in [0.29, 0.717) is 19.1 Å². The van der Waals surface area contributed by atoms with Crippen molar-refractivity contribution in [1.82, 2.24) is 20.4 Å². The van der Waals surface area contributed by atoms with Crippen LogP contribution in [0.4, 0.5) is 0 Å². The van der Waals surface area contributed by atoms with Gasteiger partial charge in [0.1, 0.15) is 0 Å². The Balaban J connectivity index is 1.83. The predicted molar refractivity (Wildman–Crippen MR) is 77.3 cm³/mol. The van der Waals surface area contributed by atoms with E-state index in [4.69, 9.17) is 0 Å². The molecule has 2 aliphatic rings. The molecule has 2 atom stereocenters. The summed E-state index contributed by atoms with van der Waals surface area (Å²) in [5, 5.41) is 6.25. The Morgan fingerprint density at radius 1 is 1.35 bits per heavy atom. The number of hydrogen-bond donors (Lipinski definition) is 2. The fourth-order valence-corrected chi connectivity index (χ4v) is 3.00. The van der Waals surface area contributed by atoms with E-state index in [1.165, 1.54) is 6.92 Å². The third-order valence-corrected chi connectivity index (χ3v) is 4.16. The molecule has 2 rings (SSSR count). The van der Waals surface area contributed by atoms with Crippen LogP contribution in [0.1, 0.15) is 26.7 Å². The van der Waals surface area contributed by atoms with E-state index in [1.54, 1.807) is 0 Å². The van der Waals surface area contributed by atoms with Crippen LogP contribution in [0.15, 0.2) is 0 Å². The molecule has 0 radical (unpaired) electrons. The fourth-order valence-electron chi connectivity index (χ4n) is 3.00. The third kappa shape index (κ3) is 4.18. The van der Waals surface area contributed by atoms with Gasteiger partial charge in [-0.1, -0.05) is 0 Å². The van der Waals surface area contributed by atoms with E-state index in [2.05, 4.69) is 22.5 Å². The van der Waals surface area contributed by atoms with Crippen LogP contribution in [0.2, 0.25) is 0 Å². The van der Waals surface area contributed by atoms with Crippen molar-refractivity contribution in [2.24, 2.45) is 0 Å². The topological polar surface area (TPSA) is 64.7 Å². The summed E-state index contributed by atoms with van der Waals surface area (Å²) in [5.74, 6) is 0.175. The van der Waals surface area contributed by atoms with Crippen molar-refractivity contribution in [3.8, 4) is 0 Å². The first kappa shape index (κ1) is 15.3. The monoisotopic (exact) mass is 282 g/mol. The first-order chi connectivity index (χ1) is 9.56. The number of piperidine rings is 1. The van der Waals surface area contributed by atoms with Gasteiger partial charge < -0.3 is 15.5 Å². The maximum atomic E-state index is 12.4. The number of piperazine rings is 1. The van der Waals surface area contributed by atoms with Gasteiger partial charge in [0.15, 0.2) is 0 Å². The Morgan fingerprint density at radius 2 is 2.15 bits per heavy atom. The highest BCUT2D eigenvalue weighted by atomic mass is 16.2. The molecule has 6 heteroatoms. The Kier molecular flexibility index (Phi) is 5.37. The molecule has 2 N–H and O–H groups in total. The smallest absolute Gasteiger partial charge is 0.236 e. The summed E-state index contributed by atoms with van der Waals surface area (Å²) in [5.41, 5.74) is 0. The molecule has 114 valence electrons. The Labute approximate surface area is 120 Å². The lowest BCUT2D eigenvalue weighted by molar-refractivity contribution is -0.135. The van der Waals surface area contributed by atoms with Crippen molar-refractivity contribution in [3.63, 3.8) is 0 Å². The molecule has 2 aliphatic heterocycles. The molecule has 2 heterocycles. The number of carbonyl (C=O) groups excluding carboxylic acids is 2. The second-order valence-corrected chi connectivity index (χ2v) is 5.90. The van der Waals surface area contributed by atoms with E-state index in [0.717, 1.165) is 39.0 Å². The van der Waals surface area contributed by atoms with Gasteiger partial charge in [-0.2, -0.15) is 0 Å². The maximum absolute atomic E-state index is 12.4. The van der Waals surface area contributed by atoms with Crippen LogP contribution in [-0.2, 0) is 9.59 Å². The number of hydrogen-bond acceptors (Lipinski definition) is 4. The van der Waals surface area contributed by atoms with Crippen LogP contribution in [-0.4, -0.2) is 73.0 Å². The van der Waals surface area contributed by atoms with Crippen LogP contribution in [0.3, 0.4) is 0 Å². The molecule has 20 heavy (non-hydrogen) atoms. The van der Waals surface area contributed by atoms with E-state index >= 15 is 0 Å². The highest BCUT2D eigenvalue weighted by molar-refractivity contribution is 5.78. The minimum Gasteiger partial charge on any atom is -0.352 e. The standard InChI is InChI=1S/C14H26N4O2/c1-11-8-15-5-7-17(11)10-14(20)18-6-3-4-13(9-18)16-12(2)19/h11,13,15H,3-10H2,1-2H3,(H,16,19)/t11-,13?/m0/s1. The van der Waals surface area contributed by atoms with Gasteiger partial charge in [-0.3, -0.25) is 14.5 Å². The minimum absolute atomic E-state index is 0.0139. The first-order valence-corrected chi connectivity index (χ1v) is 7.56. The van der Waals surface area contributed by atoms with Gasteiger partial charge in [-0.25, -0.2) is 0 Å².